The molecule has 1 aliphatic rings. The molecule has 0 saturated carbocycles. The number of fused-ring (bicyclic) bond motifs is 1. The predicted octanol–water partition coefficient (Wildman–Crippen LogP) is 3.63. The number of carbonyl (C=O) groups excluding carboxylic acids is 4. The molecule has 3 rings (SSSR count). The number of ether oxygens (including phenoxy) is 1. The van der Waals surface area contributed by atoms with Crippen molar-refractivity contribution in [2.24, 2.45) is 0 Å². The molecule has 2 aromatic carbocycles. The van der Waals surface area contributed by atoms with Gasteiger partial charge in [-0.2, -0.15) is 11.8 Å². The molecule has 1 unspecified atom stereocenters. The Kier molecular flexibility index (Phi) is 7.58. The number of thioether (sulfide) groups is 1. The number of nitrogens with zero attached hydrogens (tertiary/aromatic N) is 1. The Hall–Kier alpha value is -3.13. The van der Waals surface area contributed by atoms with Gasteiger partial charge in [-0.15, -0.1) is 0 Å². The number of nitrogens with one attached hydrogen (secondary N) is 1. The van der Waals surface area contributed by atoms with Gasteiger partial charge in [-0.1, -0.05) is 45.0 Å². The van der Waals surface area contributed by atoms with Crippen LogP contribution in [0.25, 0.3) is 0 Å². The van der Waals surface area contributed by atoms with Crippen LogP contribution in [0.3, 0.4) is 0 Å². The van der Waals surface area contributed by atoms with Crippen LogP contribution in [-0.2, 0) is 14.9 Å². The largest absolute Gasteiger partial charge is 0.442 e. The number of benzene rings is 2. The van der Waals surface area contributed by atoms with E-state index in [1.807, 2.05) is 18.4 Å². The van der Waals surface area contributed by atoms with E-state index in [1.165, 1.54) is 11.8 Å². The molecule has 0 saturated heterocycles. The number of imide groups is 1. The van der Waals surface area contributed by atoms with Gasteiger partial charge in [0.05, 0.1) is 11.1 Å². The van der Waals surface area contributed by atoms with E-state index >= 15 is 0 Å². The SMILES string of the molecule is CSCCC(NC(=O)c1ccc(C(C)(C)C)cc1)C(=O)OCN1C(=O)c2ccccc2C1=O. The smallest absolute Gasteiger partial charge is 0.330 e. The van der Waals surface area contributed by atoms with Crippen molar-refractivity contribution in [1.29, 1.82) is 0 Å². The Morgan fingerprint density at radius 3 is 2.09 bits per heavy atom. The van der Waals surface area contributed by atoms with Crippen LogP contribution in [0.2, 0.25) is 0 Å². The second kappa shape index (κ2) is 10.2. The molecule has 0 aromatic heterocycles. The third-order valence-corrected chi connectivity index (χ3v) is 6.07. The average molecular weight is 469 g/mol. The number of amides is 3. The Labute approximate surface area is 197 Å². The highest BCUT2D eigenvalue weighted by Crippen LogP contribution is 2.23. The lowest BCUT2D eigenvalue weighted by Crippen LogP contribution is -2.44. The van der Waals surface area contributed by atoms with Crippen LogP contribution in [0.15, 0.2) is 48.5 Å². The predicted molar refractivity (Wildman–Crippen MR) is 127 cm³/mol. The maximum absolute atomic E-state index is 12.8. The fraction of sp³-hybridized carbons (Fsp3) is 0.360. The zero-order valence-electron chi connectivity index (χ0n) is 19.2. The Bertz CT molecular complexity index is 1020. The average Bonchev–Trinajstić information content (AvgIpc) is 3.04. The maximum Gasteiger partial charge on any atom is 0.330 e. The highest BCUT2D eigenvalue weighted by molar-refractivity contribution is 7.98. The van der Waals surface area contributed by atoms with Crippen LogP contribution in [0.4, 0.5) is 0 Å². The molecule has 8 heteroatoms. The van der Waals surface area contributed by atoms with Crippen molar-refractivity contribution in [3.05, 3.63) is 70.8 Å². The van der Waals surface area contributed by atoms with E-state index in [1.54, 1.807) is 36.4 Å². The molecule has 3 amide bonds. The third kappa shape index (κ3) is 5.63. The molecule has 1 atom stereocenters. The van der Waals surface area contributed by atoms with Gasteiger partial charge >= 0.3 is 5.97 Å². The number of carbonyl (C=O) groups is 4. The summed E-state index contributed by atoms with van der Waals surface area (Å²) >= 11 is 1.53. The molecular formula is C25H28N2O5S. The molecule has 1 heterocycles. The van der Waals surface area contributed by atoms with Crippen LogP contribution >= 0.6 is 11.8 Å². The molecule has 0 bridgehead atoms. The quantitative estimate of drug-likeness (QED) is 0.470. The van der Waals surface area contributed by atoms with E-state index in [2.05, 4.69) is 26.1 Å². The molecular weight excluding hydrogens is 440 g/mol. The van der Waals surface area contributed by atoms with Crippen molar-refractivity contribution in [3.63, 3.8) is 0 Å². The van der Waals surface area contributed by atoms with Crippen molar-refractivity contribution in [2.75, 3.05) is 18.7 Å². The normalized spacial score (nSPS) is 14.1. The van der Waals surface area contributed by atoms with E-state index < -0.39 is 30.6 Å². The fourth-order valence-electron chi connectivity index (χ4n) is 3.43. The first-order valence-electron chi connectivity index (χ1n) is 10.7. The molecule has 1 aliphatic heterocycles. The molecule has 33 heavy (non-hydrogen) atoms. The van der Waals surface area contributed by atoms with Crippen molar-refractivity contribution in [3.8, 4) is 0 Å². The molecule has 1 N–H and O–H groups in total. The lowest BCUT2D eigenvalue weighted by Gasteiger charge is -2.21. The van der Waals surface area contributed by atoms with Gasteiger partial charge in [-0.3, -0.25) is 14.4 Å². The van der Waals surface area contributed by atoms with E-state index in [0.717, 1.165) is 10.5 Å². The molecule has 174 valence electrons. The highest BCUT2D eigenvalue weighted by atomic mass is 32.2. The molecule has 2 aromatic rings. The number of esters is 1. The number of rotatable bonds is 8. The zero-order chi connectivity index (χ0) is 24.2. The van der Waals surface area contributed by atoms with Crippen molar-refractivity contribution >= 4 is 35.5 Å². The lowest BCUT2D eigenvalue weighted by atomic mass is 9.86. The monoisotopic (exact) mass is 468 g/mol. The summed E-state index contributed by atoms with van der Waals surface area (Å²) < 4.78 is 5.28. The van der Waals surface area contributed by atoms with Crippen LogP contribution in [0.1, 0.15) is 63.8 Å². The Morgan fingerprint density at radius 2 is 1.58 bits per heavy atom. The summed E-state index contributed by atoms with van der Waals surface area (Å²) in [6.07, 6.45) is 2.25. The van der Waals surface area contributed by atoms with E-state index in [0.29, 0.717) is 17.7 Å². The minimum atomic E-state index is -0.901. The highest BCUT2D eigenvalue weighted by Gasteiger charge is 2.36. The van der Waals surface area contributed by atoms with Gasteiger partial charge in [-0.25, -0.2) is 9.69 Å². The molecule has 0 fully saturated rings. The van der Waals surface area contributed by atoms with E-state index in [9.17, 15) is 19.2 Å². The first-order chi connectivity index (χ1) is 15.6. The minimum absolute atomic E-state index is 0.0379. The summed E-state index contributed by atoms with van der Waals surface area (Å²) in [5.74, 6) is -1.48. The second-order valence-corrected chi connectivity index (χ2v) is 9.80. The zero-order valence-corrected chi connectivity index (χ0v) is 20.0. The van der Waals surface area contributed by atoms with E-state index in [4.69, 9.17) is 4.74 Å². The summed E-state index contributed by atoms with van der Waals surface area (Å²) in [6.45, 7) is 5.76. The Balaban J connectivity index is 1.65. The maximum atomic E-state index is 12.8. The molecule has 0 aliphatic carbocycles. The summed E-state index contributed by atoms with van der Waals surface area (Å²) in [5, 5.41) is 2.73. The van der Waals surface area contributed by atoms with Crippen molar-refractivity contribution in [1.82, 2.24) is 10.2 Å². The topological polar surface area (TPSA) is 92.8 Å². The number of hydrogen-bond donors (Lipinski definition) is 1. The van der Waals surface area contributed by atoms with Crippen LogP contribution in [0, 0.1) is 0 Å². The van der Waals surface area contributed by atoms with Crippen molar-refractivity contribution in [2.45, 2.75) is 38.6 Å². The summed E-state index contributed by atoms with van der Waals surface area (Å²) in [4.78, 5) is 51.3. The second-order valence-electron chi connectivity index (χ2n) is 8.81. The summed E-state index contributed by atoms with van der Waals surface area (Å²) in [6, 6.07) is 12.8. The minimum Gasteiger partial charge on any atom is -0.442 e. The van der Waals surface area contributed by atoms with Gasteiger partial charge in [0.2, 0.25) is 0 Å². The summed E-state index contributed by atoms with van der Waals surface area (Å²) in [7, 11) is 0. The molecule has 0 radical (unpaired) electrons. The number of hydrogen-bond acceptors (Lipinski definition) is 6. The van der Waals surface area contributed by atoms with Crippen LogP contribution < -0.4 is 5.32 Å². The lowest BCUT2D eigenvalue weighted by molar-refractivity contribution is -0.148. The molecule has 7 nitrogen and oxygen atoms in total. The van der Waals surface area contributed by atoms with Crippen LogP contribution in [-0.4, -0.2) is 53.4 Å². The van der Waals surface area contributed by atoms with E-state index in [-0.39, 0.29) is 22.4 Å². The van der Waals surface area contributed by atoms with Gasteiger partial charge in [-0.05, 0) is 53.7 Å². The summed E-state index contributed by atoms with van der Waals surface area (Å²) in [5.41, 5.74) is 2.06. The first kappa shape index (κ1) is 24.5. The third-order valence-electron chi connectivity index (χ3n) is 5.43. The first-order valence-corrected chi connectivity index (χ1v) is 12.0. The fourth-order valence-corrected chi connectivity index (χ4v) is 3.90. The van der Waals surface area contributed by atoms with Crippen molar-refractivity contribution < 1.29 is 23.9 Å². The van der Waals surface area contributed by atoms with Gasteiger partial charge in [0.1, 0.15) is 6.04 Å². The van der Waals surface area contributed by atoms with Gasteiger partial charge in [0.15, 0.2) is 6.73 Å². The Morgan fingerprint density at radius 1 is 1.00 bits per heavy atom. The van der Waals surface area contributed by atoms with Gasteiger partial charge < -0.3 is 10.1 Å². The molecule has 0 spiro atoms. The van der Waals surface area contributed by atoms with Crippen LogP contribution in [0.5, 0.6) is 0 Å². The van der Waals surface area contributed by atoms with Gasteiger partial charge in [0, 0.05) is 5.56 Å². The van der Waals surface area contributed by atoms with Gasteiger partial charge in [0.25, 0.3) is 17.7 Å². The standard InChI is InChI=1S/C25H28N2O5S/c1-25(2,3)17-11-9-16(10-12-17)21(28)26-20(13-14-33-4)24(31)32-15-27-22(29)18-7-5-6-8-19(18)23(27)30/h5-12,20H,13-15H2,1-4H3,(H,26,28).